The lowest BCUT2D eigenvalue weighted by atomic mass is 10.1. The molecule has 0 amide bonds. The molecule has 0 spiro atoms. The third kappa shape index (κ3) is 5.50. The SMILES string of the molecule is CCOC(=O)C=CCc1cccc(OCOC)c1. The number of ether oxygens (including phenoxy) is 3. The standard InChI is InChI=1S/C14H18O4/c1-3-17-14(15)9-5-7-12-6-4-8-13(10-12)18-11-16-2/h4-6,8-10H,3,7,11H2,1-2H3. The van der Waals surface area contributed by atoms with Crippen molar-refractivity contribution in [3.8, 4) is 5.75 Å². The summed E-state index contributed by atoms with van der Waals surface area (Å²) in [6.07, 6.45) is 3.86. The van der Waals surface area contributed by atoms with Crippen LogP contribution in [0.3, 0.4) is 0 Å². The minimum absolute atomic E-state index is 0.224. The minimum atomic E-state index is -0.315. The fourth-order valence-electron chi connectivity index (χ4n) is 1.37. The number of hydrogen-bond donors (Lipinski definition) is 0. The molecule has 4 nitrogen and oxygen atoms in total. The first kappa shape index (κ1) is 14.3. The molecular weight excluding hydrogens is 232 g/mol. The predicted molar refractivity (Wildman–Crippen MR) is 68.4 cm³/mol. The van der Waals surface area contributed by atoms with Gasteiger partial charge in [0, 0.05) is 13.2 Å². The molecule has 18 heavy (non-hydrogen) atoms. The van der Waals surface area contributed by atoms with Gasteiger partial charge in [-0.1, -0.05) is 18.2 Å². The van der Waals surface area contributed by atoms with Gasteiger partial charge in [0.25, 0.3) is 0 Å². The molecule has 0 aliphatic heterocycles. The highest BCUT2D eigenvalue weighted by Crippen LogP contribution is 2.14. The van der Waals surface area contributed by atoms with Crippen LogP contribution in [-0.2, 0) is 20.7 Å². The van der Waals surface area contributed by atoms with Crippen LogP contribution in [0.25, 0.3) is 0 Å². The molecule has 0 N–H and O–H groups in total. The van der Waals surface area contributed by atoms with Crippen molar-refractivity contribution in [1.82, 2.24) is 0 Å². The number of rotatable bonds is 7. The van der Waals surface area contributed by atoms with E-state index in [1.165, 1.54) is 6.08 Å². The molecule has 4 heteroatoms. The van der Waals surface area contributed by atoms with Gasteiger partial charge in [-0.25, -0.2) is 4.79 Å². The van der Waals surface area contributed by atoms with E-state index in [1.54, 1.807) is 20.1 Å². The summed E-state index contributed by atoms with van der Waals surface area (Å²) in [6, 6.07) is 7.64. The van der Waals surface area contributed by atoms with E-state index in [9.17, 15) is 4.79 Å². The molecule has 0 aliphatic carbocycles. The number of esters is 1. The molecule has 0 fully saturated rings. The Labute approximate surface area is 107 Å². The van der Waals surface area contributed by atoms with E-state index in [-0.39, 0.29) is 12.8 Å². The Balaban J connectivity index is 2.49. The van der Waals surface area contributed by atoms with Crippen molar-refractivity contribution in [2.75, 3.05) is 20.5 Å². The molecule has 0 saturated carbocycles. The zero-order valence-electron chi connectivity index (χ0n) is 10.7. The molecule has 0 aromatic heterocycles. The molecular formula is C14H18O4. The zero-order valence-corrected chi connectivity index (χ0v) is 10.7. The number of hydrogen-bond acceptors (Lipinski definition) is 4. The van der Waals surface area contributed by atoms with Crippen LogP contribution in [0.5, 0.6) is 5.75 Å². The molecule has 0 heterocycles. The number of carbonyl (C=O) groups excluding carboxylic acids is 1. The van der Waals surface area contributed by atoms with E-state index in [2.05, 4.69) is 0 Å². The van der Waals surface area contributed by atoms with E-state index < -0.39 is 0 Å². The van der Waals surface area contributed by atoms with Crippen LogP contribution in [0.2, 0.25) is 0 Å². The molecule has 0 aliphatic rings. The van der Waals surface area contributed by atoms with Crippen molar-refractivity contribution in [3.63, 3.8) is 0 Å². The number of benzene rings is 1. The highest BCUT2D eigenvalue weighted by molar-refractivity contribution is 5.81. The Morgan fingerprint density at radius 3 is 2.94 bits per heavy atom. The molecule has 0 atom stereocenters. The van der Waals surface area contributed by atoms with Crippen molar-refractivity contribution in [3.05, 3.63) is 42.0 Å². The van der Waals surface area contributed by atoms with Crippen LogP contribution in [0.1, 0.15) is 12.5 Å². The Hall–Kier alpha value is -1.81. The summed E-state index contributed by atoms with van der Waals surface area (Å²) in [5.41, 5.74) is 1.06. The van der Waals surface area contributed by atoms with Crippen molar-refractivity contribution in [1.29, 1.82) is 0 Å². The van der Waals surface area contributed by atoms with Crippen LogP contribution in [0.4, 0.5) is 0 Å². The van der Waals surface area contributed by atoms with E-state index in [0.717, 1.165) is 11.3 Å². The van der Waals surface area contributed by atoms with Gasteiger partial charge in [0.1, 0.15) is 5.75 Å². The maximum atomic E-state index is 11.1. The molecule has 1 rings (SSSR count). The van der Waals surface area contributed by atoms with Gasteiger partial charge in [-0.15, -0.1) is 0 Å². The molecule has 0 unspecified atom stereocenters. The van der Waals surface area contributed by atoms with Gasteiger partial charge in [0.05, 0.1) is 6.61 Å². The first-order chi connectivity index (χ1) is 8.76. The highest BCUT2D eigenvalue weighted by atomic mass is 16.7. The van der Waals surface area contributed by atoms with Gasteiger partial charge in [0.2, 0.25) is 0 Å². The Kier molecular flexibility index (Phi) is 6.58. The second-order valence-corrected chi connectivity index (χ2v) is 3.56. The van der Waals surface area contributed by atoms with E-state index in [1.807, 2.05) is 24.3 Å². The van der Waals surface area contributed by atoms with Gasteiger partial charge >= 0.3 is 5.97 Å². The van der Waals surface area contributed by atoms with Crippen LogP contribution in [0, 0.1) is 0 Å². The summed E-state index contributed by atoms with van der Waals surface area (Å²) < 4.78 is 14.9. The molecule has 0 radical (unpaired) electrons. The van der Waals surface area contributed by atoms with Gasteiger partial charge in [-0.05, 0) is 31.0 Å². The Morgan fingerprint density at radius 1 is 1.39 bits per heavy atom. The first-order valence-corrected chi connectivity index (χ1v) is 5.80. The zero-order chi connectivity index (χ0) is 13.2. The first-order valence-electron chi connectivity index (χ1n) is 5.80. The molecule has 98 valence electrons. The largest absolute Gasteiger partial charge is 0.468 e. The minimum Gasteiger partial charge on any atom is -0.468 e. The van der Waals surface area contributed by atoms with Crippen LogP contribution < -0.4 is 4.74 Å². The van der Waals surface area contributed by atoms with Crippen LogP contribution in [0.15, 0.2) is 36.4 Å². The average Bonchev–Trinajstić information content (AvgIpc) is 2.37. The van der Waals surface area contributed by atoms with Crippen LogP contribution >= 0.6 is 0 Å². The van der Waals surface area contributed by atoms with Crippen molar-refractivity contribution in [2.45, 2.75) is 13.3 Å². The second kappa shape index (κ2) is 8.31. The molecule has 1 aromatic carbocycles. The van der Waals surface area contributed by atoms with Gasteiger partial charge in [-0.3, -0.25) is 0 Å². The highest BCUT2D eigenvalue weighted by Gasteiger charge is 1.97. The summed E-state index contributed by atoms with van der Waals surface area (Å²) in [4.78, 5) is 11.1. The Bertz CT molecular complexity index is 399. The number of methoxy groups -OCH3 is 1. The lowest BCUT2D eigenvalue weighted by Gasteiger charge is -2.05. The second-order valence-electron chi connectivity index (χ2n) is 3.56. The summed E-state index contributed by atoms with van der Waals surface area (Å²) >= 11 is 0. The number of carbonyl (C=O) groups is 1. The smallest absolute Gasteiger partial charge is 0.330 e. The van der Waals surface area contributed by atoms with Crippen molar-refractivity contribution in [2.24, 2.45) is 0 Å². The van der Waals surface area contributed by atoms with E-state index >= 15 is 0 Å². The summed E-state index contributed by atoms with van der Waals surface area (Å²) in [5.74, 6) is 0.433. The molecule has 0 bridgehead atoms. The van der Waals surface area contributed by atoms with Gasteiger partial charge in [-0.2, -0.15) is 0 Å². The monoisotopic (exact) mass is 250 g/mol. The Morgan fingerprint density at radius 2 is 2.22 bits per heavy atom. The lowest BCUT2D eigenvalue weighted by molar-refractivity contribution is -0.137. The van der Waals surface area contributed by atoms with E-state index in [4.69, 9.17) is 14.2 Å². The maximum Gasteiger partial charge on any atom is 0.330 e. The number of allylic oxidation sites excluding steroid dienone is 1. The van der Waals surface area contributed by atoms with Gasteiger partial charge in [0.15, 0.2) is 6.79 Å². The third-order valence-electron chi connectivity index (χ3n) is 2.14. The lowest BCUT2D eigenvalue weighted by Crippen LogP contribution is -2.00. The quantitative estimate of drug-likeness (QED) is 0.423. The summed E-state index contributed by atoms with van der Waals surface area (Å²) in [5, 5.41) is 0. The molecule has 0 saturated heterocycles. The topological polar surface area (TPSA) is 44.8 Å². The van der Waals surface area contributed by atoms with Gasteiger partial charge < -0.3 is 14.2 Å². The van der Waals surface area contributed by atoms with Crippen LogP contribution in [-0.4, -0.2) is 26.5 Å². The maximum absolute atomic E-state index is 11.1. The van der Waals surface area contributed by atoms with Crippen molar-refractivity contribution >= 4 is 5.97 Å². The van der Waals surface area contributed by atoms with Crippen molar-refractivity contribution < 1.29 is 19.0 Å². The summed E-state index contributed by atoms with van der Waals surface area (Å²) in [7, 11) is 1.58. The fraction of sp³-hybridized carbons (Fsp3) is 0.357. The third-order valence-corrected chi connectivity index (χ3v) is 2.14. The average molecular weight is 250 g/mol. The molecule has 1 aromatic rings. The summed E-state index contributed by atoms with van der Waals surface area (Å²) in [6.45, 7) is 2.40. The fourth-order valence-corrected chi connectivity index (χ4v) is 1.37. The normalized spacial score (nSPS) is 10.6. The predicted octanol–water partition coefficient (Wildman–Crippen LogP) is 2.33. The van der Waals surface area contributed by atoms with E-state index in [0.29, 0.717) is 13.0 Å².